The van der Waals surface area contributed by atoms with E-state index < -0.39 is 11.9 Å². The molecule has 0 amide bonds. The summed E-state index contributed by atoms with van der Waals surface area (Å²) in [5, 5.41) is 4.51. The van der Waals surface area contributed by atoms with Crippen molar-refractivity contribution in [1.29, 1.82) is 0 Å². The second-order valence-electron chi connectivity index (χ2n) is 6.91. The maximum Gasteiger partial charge on any atom is 0.221 e. The molecular formula is C22H21FN8O. The van der Waals surface area contributed by atoms with Gasteiger partial charge in [0.2, 0.25) is 5.88 Å². The first-order valence-electron chi connectivity index (χ1n) is 9.72. The third kappa shape index (κ3) is 3.73. The third-order valence-corrected chi connectivity index (χ3v) is 5.08. The van der Waals surface area contributed by atoms with E-state index >= 15 is 0 Å². The molecule has 0 aliphatic carbocycles. The summed E-state index contributed by atoms with van der Waals surface area (Å²) >= 11 is 0. The van der Waals surface area contributed by atoms with Crippen molar-refractivity contribution in [3.05, 3.63) is 60.9 Å². The maximum absolute atomic E-state index is 13.9. The summed E-state index contributed by atoms with van der Waals surface area (Å²) in [6, 6.07) is 9.48. The van der Waals surface area contributed by atoms with Crippen LogP contribution in [-0.2, 0) is 0 Å². The van der Waals surface area contributed by atoms with Crippen molar-refractivity contribution in [2.24, 2.45) is 15.9 Å². The van der Waals surface area contributed by atoms with Crippen molar-refractivity contribution in [2.45, 2.75) is 13.0 Å². The molecule has 10 heteroatoms. The van der Waals surface area contributed by atoms with Crippen LogP contribution in [0, 0.1) is 5.82 Å². The number of para-hydroxylation sites is 1. The number of benzene rings is 1. The number of aliphatic imine (C=N–C) groups is 1. The number of hydrogen-bond acceptors (Lipinski definition) is 8. The molecule has 3 aromatic heterocycles. The van der Waals surface area contributed by atoms with Crippen molar-refractivity contribution < 1.29 is 9.13 Å². The van der Waals surface area contributed by atoms with E-state index in [2.05, 4.69) is 25.0 Å². The quantitative estimate of drug-likeness (QED) is 0.272. The Morgan fingerprint density at radius 2 is 1.97 bits per heavy atom. The van der Waals surface area contributed by atoms with Crippen molar-refractivity contribution >= 4 is 34.5 Å². The Morgan fingerprint density at radius 1 is 1.16 bits per heavy atom. The Labute approximate surface area is 183 Å². The Hall–Kier alpha value is -4.34. The van der Waals surface area contributed by atoms with Gasteiger partial charge in [-0.25, -0.2) is 19.3 Å². The van der Waals surface area contributed by atoms with E-state index in [9.17, 15) is 4.39 Å². The molecular weight excluding hydrogens is 411 g/mol. The molecule has 1 unspecified atom stereocenters. The summed E-state index contributed by atoms with van der Waals surface area (Å²) in [6.45, 7) is 1.88. The SMILES string of the molecule is COc1ncccc1-c1cn(C(C)C(C=Nc2ccccc2F)=NN)c2ncnc(N)c12. The van der Waals surface area contributed by atoms with Gasteiger partial charge >= 0.3 is 0 Å². The molecule has 0 radical (unpaired) electrons. The fraction of sp³-hybridized carbons (Fsp3) is 0.136. The summed E-state index contributed by atoms with van der Waals surface area (Å²) in [4.78, 5) is 17.0. The van der Waals surface area contributed by atoms with E-state index in [4.69, 9.17) is 16.3 Å². The van der Waals surface area contributed by atoms with Crippen LogP contribution in [0.2, 0.25) is 0 Å². The van der Waals surface area contributed by atoms with Crippen LogP contribution in [0.15, 0.2) is 65.2 Å². The molecule has 0 saturated heterocycles. The number of nitrogen functional groups attached to an aromatic ring is 1. The first-order valence-corrected chi connectivity index (χ1v) is 9.72. The normalized spacial score (nSPS) is 13.0. The lowest BCUT2D eigenvalue weighted by Gasteiger charge is -2.14. The van der Waals surface area contributed by atoms with E-state index in [0.717, 1.165) is 11.1 Å². The predicted molar refractivity (Wildman–Crippen MR) is 123 cm³/mol. The standard InChI is InChI=1S/C22H21FN8O/c1-13(18(30-25)10-27-17-8-4-3-7-16(17)23)31-11-15(14-6-5-9-26-22(14)32-2)19-20(24)28-12-29-21(19)31/h3-13H,25H2,1-2H3,(H2,24,28,29). The number of rotatable bonds is 6. The Morgan fingerprint density at radius 3 is 2.72 bits per heavy atom. The second-order valence-corrected chi connectivity index (χ2v) is 6.91. The number of hydrazone groups is 1. The highest BCUT2D eigenvalue weighted by Crippen LogP contribution is 2.37. The number of methoxy groups -OCH3 is 1. The lowest BCUT2D eigenvalue weighted by atomic mass is 10.1. The van der Waals surface area contributed by atoms with E-state index in [-0.39, 0.29) is 5.69 Å². The van der Waals surface area contributed by atoms with Crippen LogP contribution in [0.3, 0.4) is 0 Å². The number of fused-ring (bicyclic) bond motifs is 1. The van der Waals surface area contributed by atoms with Gasteiger partial charge < -0.3 is 20.9 Å². The third-order valence-electron chi connectivity index (χ3n) is 5.08. The number of nitrogens with two attached hydrogens (primary N) is 2. The lowest BCUT2D eigenvalue weighted by molar-refractivity contribution is 0.399. The molecule has 162 valence electrons. The summed E-state index contributed by atoms with van der Waals surface area (Å²) in [7, 11) is 1.55. The van der Waals surface area contributed by atoms with E-state index in [1.165, 1.54) is 18.6 Å². The molecule has 0 fully saturated rings. The zero-order valence-corrected chi connectivity index (χ0v) is 17.5. The zero-order valence-electron chi connectivity index (χ0n) is 17.5. The minimum Gasteiger partial charge on any atom is -0.481 e. The van der Waals surface area contributed by atoms with Crippen LogP contribution >= 0.6 is 0 Å². The van der Waals surface area contributed by atoms with Crippen LogP contribution in [0.5, 0.6) is 5.88 Å². The van der Waals surface area contributed by atoms with Gasteiger partial charge in [0, 0.05) is 23.5 Å². The number of aromatic nitrogens is 4. The topological polar surface area (TPSA) is 130 Å². The van der Waals surface area contributed by atoms with E-state index in [1.54, 1.807) is 37.6 Å². The van der Waals surface area contributed by atoms with Crippen LogP contribution in [0.1, 0.15) is 13.0 Å². The predicted octanol–water partition coefficient (Wildman–Crippen LogP) is 3.50. The van der Waals surface area contributed by atoms with Crippen LogP contribution in [-0.4, -0.2) is 38.6 Å². The van der Waals surface area contributed by atoms with Gasteiger partial charge in [0.1, 0.15) is 29.3 Å². The minimum atomic E-state index is -0.439. The molecule has 0 saturated carbocycles. The molecule has 9 nitrogen and oxygen atoms in total. The summed E-state index contributed by atoms with van der Waals surface area (Å²) in [6.07, 6.45) is 6.33. The molecule has 4 N–H and O–H groups in total. The van der Waals surface area contributed by atoms with Gasteiger partial charge in [-0.1, -0.05) is 12.1 Å². The lowest BCUT2D eigenvalue weighted by Crippen LogP contribution is -2.19. The highest BCUT2D eigenvalue weighted by molar-refractivity contribution is 6.32. The summed E-state index contributed by atoms with van der Waals surface area (Å²) in [5.74, 6) is 5.97. The first kappa shape index (κ1) is 20.9. The number of anilines is 1. The minimum absolute atomic E-state index is 0.186. The van der Waals surface area contributed by atoms with Gasteiger partial charge in [0.25, 0.3) is 0 Å². The molecule has 32 heavy (non-hydrogen) atoms. The maximum atomic E-state index is 13.9. The monoisotopic (exact) mass is 432 g/mol. The highest BCUT2D eigenvalue weighted by Gasteiger charge is 2.22. The molecule has 4 aromatic rings. The second kappa shape index (κ2) is 8.80. The Kier molecular flexibility index (Phi) is 5.75. The van der Waals surface area contributed by atoms with Crippen LogP contribution < -0.4 is 16.3 Å². The first-order chi connectivity index (χ1) is 15.5. The average Bonchev–Trinajstić information content (AvgIpc) is 3.21. The number of ether oxygens (including phenoxy) is 1. The molecule has 0 aliphatic rings. The number of nitrogens with zero attached hydrogens (tertiary/aromatic N) is 6. The van der Waals surface area contributed by atoms with Gasteiger partial charge in [-0.15, -0.1) is 0 Å². The van der Waals surface area contributed by atoms with Gasteiger partial charge in [-0.3, -0.25) is 4.99 Å². The average molecular weight is 432 g/mol. The van der Waals surface area contributed by atoms with Crippen LogP contribution in [0.25, 0.3) is 22.2 Å². The number of halogens is 1. The van der Waals surface area contributed by atoms with Crippen LogP contribution in [0.4, 0.5) is 15.9 Å². The Bertz CT molecular complexity index is 1330. The number of hydrogen-bond donors (Lipinski definition) is 2. The smallest absolute Gasteiger partial charge is 0.221 e. The van der Waals surface area contributed by atoms with E-state index in [0.29, 0.717) is 28.4 Å². The van der Waals surface area contributed by atoms with Crippen molar-refractivity contribution in [1.82, 2.24) is 19.5 Å². The van der Waals surface area contributed by atoms with Gasteiger partial charge in [0.05, 0.1) is 30.4 Å². The van der Waals surface area contributed by atoms with Gasteiger partial charge in [-0.2, -0.15) is 5.10 Å². The number of pyridine rings is 1. The molecule has 0 spiro atoms. The van der Waals surface area contributed by atoms with Gasteiger partial charge in [0.15, 0.2) is 0 Å². The molecule has 4 rings (SSSR count). The molecule has 0 bridgehead atoms. The molecule has 1 atom stereocenters. The van der Waals surface area contributed by atoms with Gasteiger partial charge in [-0.05, 0) is 31.2 Å². The fourth-order valence-corrected chi connectivity index (χ4v) is 3.45. The largest absolute Gasteiger partial charge is 0.481 e. The molecule has 1 aromatic carbocycles. The van der Waals surface area contributed by atoms with E-state index in [1.807, 2.05) is 23.8 Å². The van der Waals surface area contributed by atoms with Crippen molar-refractivity contribution in [3.8, 4) is 17.0 Å². The Balaban J connectivity index is 1.82. The highest BCUT2D eigenvalue weighted by atomic mass is 19.1. The summed E-state index contributed by atoms with van der Waals surface area (Å²) in [5.41, 5.74) is 8.86. The van der Waals surface area contributed by atoms with Crippen molar-refractivity contribution in [3.63, 3.8) is 0 Å². The summed E-state index contributed by atoms with van der Waals surface area (Å²) < 4.78 is 21.2. The zero-order chi connectivity index (χ0) is 22.7. The molecule has 3 heterocycles. The molecule has 0 aliphatic heterocycles. The van der Waals surface area contributed by atoms with Crippen molar-refractivity contribution in [2.75, 3.05) is 12.8 Å². The fourth-order valence-electron chi connectivity index (χ4n) is 3.45.